The topological polar surface area (TPSA) is 37.3 Å². The molecule has 1 N–H and O–H groups in total. The van der Waals surface area contributed by atoms with Gasteiger partial charge in [-0.2, -0.15) is 0 Å². The van der Waals surface area contributed by atoms with Gasteiger partial charge in [0.15, 0.2) is 0 Å². The minimum absolute atomic E-state index is 0.0560. The first-order chi connectivity index (χ1) is 10.3. The van der Waals surface area contributed by atoms with Crippen LogP contribution >= 0.6 is 0 Å². The molecule has 1 aliphatic rings. The molecule has 0 heterocycles. The van der Waals surface area contributed by atoms with E-state index in [1.165, 1.54) is 12.8 Å². The van der Waals surface area contributed by atoms with Crippen LogP contribution in [0.5, 0.6) is 0 Å². The normalized spacial score (nSPS) is 24.5. The van der Waals surface area contributed by atoms with E-state index < -0.39 is 0 Å². The molecule has 2 rings (SSSR count). The molecule has 0 bridgehead atoms. The molecule has 1 fully saturated rings. The second kappa shape index (κ2) is 6.95. The number of ketones is 1. The summed E-state index contributed by atoms with van der Waals surface area (Å²) in [7, 11) is 0. The fourth-order valence-corrected chi connectivity index (χ4v) is 3.85. The summed E-state index contributed by atoms with van der Waals surface area (Å²) < 4.78 is 0. The van der Waals surface area contributed by atoms with Gasteiger partial charge in [-0.15, -0.1) is 0 Å². The Morgan fingerprint density at radius 3 is 2.36 bits per heavy atom. The second-order valence-corrected chi connectivity index (χ2v) is 8.04. The highest BCUT2D eigenvalue weighted by Gasteiger charge is 2.39. The molecule has 0 spiro atoms. The standard InChI is InChI=1S/C20H30O2/c1-14(2)17-9-10-20(3,4)12-18(17)19(22)11-15-5-7-16(13-21)8-6-15/h5-8,14,17-18,21H,9-13H2,1-4H3. The van der Waals surface area contributed by atoms with Crippen LogP contribution in [-0.4, -0.2) is 10.9 Å². The highest BCUT2D eigenvalue weighted by molar-refractivity contribution is 5.83. The van der Waals surface area contributed by atoms with Gasteiger partial charge in [-0.25, -0.2) is 0 Å². The quantitative estimate of drug-likeness (QED) is 0.876. The smallest absolute Gasteiger partial charge is 0.140 e. The average molecular weight is 302 g/mol. The molecular formula is C20H30O2. The summed E-state index contributed by atoms with van der Waals surface area (Å²) in [4.78, 5) is 12.9. The molecule has 122 valence electrons. The number of rotatable bonds is 5. The van der Waals surface area contributed by atoms with Gasteiger partial charge < -0.3 is 5.11 Å². The number of carbonyl (C=O) groups is 1. The van der Waals surface area contributed by atoms with E-state index in [4.69, 9.17) is 5.11 Å². The predicted octanol–water partition coefficient (Wildman–Crippen LogP) is 4.39. The lowest BCUT2D eigenvalue weighted by atomic mass is 9.62. The van der Waals surface area contributed by atoms with Gasteiger partial charge in [-0.3, -0.25) is 4.79 Å². The third-order valence-corrected chi connectivity index (χ3v) is 5.30. The van der Waals surface area contributed by atoms with Crippen molar-refractivity contribution in [1.29, 1.82) is 0 Å². The molecule has 1 saturated carbocycles. The van der Waals surface area contributed by atoms with Gasteiger partial charge in [0.1, 0.15) is 5.78 Å². The van der Waals surface area contributed by atoms with Crippen LogP contribution in [0.25, 0.3) is 0 Å². The number of benzene rings is 1. The lowest BCUT2D eigenvalue weighted by Crippen LogP contribution is -2.37. The summed E-state index contributed by atoms with van der Waals surface area (Å²) in [5.74, 6) is 1.68. The van der Waals surface area contributed by atoms with Crippen LogP contribution in [-0.2, 0) is 17.8 Å². The van der Waals surface area contributed by atoms with Gasteiger partial charge in [0.25, 0.3) is 0 Å². The molecule has 0 aromatic heterocycles. The Bertz CT molecular complexity index is 499. The van der Waals surface area contributed by atoms with Crippen LogP contribution in [0.4, 0.5) is 0 Å². The lowest BCUT2D eigenvalue weighted by Gasteiger charge is -2.42. The summed E-state index contributed by atoms with van der Waals surface area (Å²) in [6, 6.07) is 7.77. The molecule has 0 saturated heterocycles. The van der Waals surface area contributed by atoms with E-state index in [-0.39, 0.29) is 17.9 Å². The molecule has 0 amide bonds. The number of Topliss-reactive ketones (excluding diaryl/α,β-unsaturated/α-hetero) is 1. The van der Waals surface area contributed by atoms with Crippen molar-refractivity contribution in [1.82, 2.24) is 0 Å². The number of aliphatic hydroxyl groups excluding tert-OH is 1. The third kappa shape index (κ3) is 4.19. The Hall–Kier alpha value is -1.15. The van der Waals surface area contributed by atoms with Crippen molar-refractivity contribution in [3.63, 3.8) is 0 Å². The molecule has 2 unspecified atom stereocenters. The van der Waals surface area contributed by atoms with Crippen molar-refractivity contribution < 1.29 is 9.90 Å². The van der Waals surface area contributed by atoms with E-state index in [2.05, 4.69) is 27.7 Å². The molecular weight excluding hydrogens is 272 g/mol. The third-order valence-electron chi connectivity index (χ3n) is 5.30. The first-order valence-corrected chi connectivity index (χ1v) is 8.54. The van der Waals surface area contributed by atoms with Crippen LogP contribution in [0.1, 0.15) is 58.1 Å². The molecule has 2 atom stereocenters. The van der Waals surface area contributed by atoms with Crippen LogP contribution in [0.15, 0.2) is 24.3 Å². The van der Waals surface area contributed by atoms with E-state index in [0.29, 0.717) is 24.0 Å². The Balaban J connectivity index is 2.10. The highest BCUT2D eigenvalue weighted by atomic mass is 16.3. The minimum Gasteiger partial charge on any atom is -0.392 e. The van der Waals surface area contributed by atoms with Gasteiger partial charge in [0.05, 0.1) is 6.61 Å². The Morgan fingerprint density at radius 2 is 1.82 bits per heavy atom. The molecule has 1 aromatic rings. The highest BCUT2D eigenvalue weighted by Crippen LogP contribution is 2.45. The van der Waals surface area contributed by atoms with E-state index in [1.807, 2.05) is 24.3 Å². The van der Waals surface area contributed by atoms with Crippen LogP contribution in [0.2, 0.25) is 0 Å². The Labute approximate surface area is 134 Å². The van der Waals surface area contributed by atoms with Crippen molar-refractivity contribution >= 4 is 5.78 Å². The molecule has 22 heavy (non-hydrogen) atoms. The number of hydrogen-bond acceptors (Lipinski definition) is 2. The SMILES string of the molecule is CC(C)C1CCC(C)(C)CC1C(=O)Cc1ccc(CO)cc1. The molecule has 2 heteroatoms. The van der Waals surface area contributed by atoms with Crippen molar-refractivity contribution in [2.75, 3.05) is 0 Å². The lowest BCUT2D eigenvalue weighted by molar-refractivity contribution is -0.127. The second-order valence-electron chi connectivity index (χ2n) is 8.04. The predicted molar refractivity (Wildman–Crippen MR) is 90.5 cm³/mol. The van der Waals surface area contributed by atoms with Gasteiger partial charge >= 0.3 is 0 Å². The largest absolute Gasteiger partial charge is 0.392 e. The van der Waals surface area contributed by atoms with Gasteiger partial charge in [0, 0.05) is 12.3 Å². The summed E-state index contributed by atoms with van der Waals surface area (Å²) >= 11 is 0. The zero-order valence-electron chi connectivity index (χ0n) is 14.4. The maximum Gasteiger partial charge on any atom is 0.140 e. The number of carbonyl (C=O) groups excluding carboxylic acids is 1. The van der Waals surface area contributed by atoms with Crippen molar-refractivity contribution in [3.05, 3.63) is 35.4 Å². The fraction of sp³-hybridized carbons (Fsp3) is 0.650. The fourth-order valence-electron chi connectivity index (χ4n) is 3.85. The van der Waals surface area contributed by atoms with E-state index in [0.717, 1.165) is 17.5 Å². The minimum atomic E-state index is 0.0560. The van der Waals surface area contributed by atoms with Crippen LogP contribution < -0.4 is 0 Å². The van der Waals surface area contributed by atoms with Crippen LogP contribution in [0.3, 0.4) is 0 Å². The van der Waals surface area contributed by atoms with E-state index >= 15 is 0 Å². The molecule has 1 aromatic carbocycles. The summed E-state index contributed by atoms with van der Waals surface area (Å²) in [5, 5.41) is 9.10. The number of aliphatic hydroxyl groups is 1. The maximum atomic E-state index is 12.9. The van der Waals surface area contributed by atoms with Crippen LogP contribution in [0, 0.1) is 23.2 Å². The molecule has 1 aliphatic carbocycles. The average Bonchev–Trinajstić information content (AvgIpc) is 2.46. The van der Waals surface area contributed by atoms with Crippen molar-refractivity contribution in [2.45, 2.75) is 60.0 Å². The van der Waals surface area contributed by atoms with Gasteiger partial charge in [0.2, 0.25) is 0 Å². The molecule has 2 nitrogen and oxygen atoms in total. The first kappa shape index (κ1) is 17.2. The Kier molecular flexibility index (Phi) is 5.44. The molecule has 0 radical (unpaired) electrons. The van der Waals surface area contributed by atoms with Gasteiger partial charge in [-0.05, 0) is 47.6 Å². The van der Waals surface area contributed by atoms with Gasteiger partial charge in [-0.1, -0.05) is 52.0 Å². The maximum absolute atomic E-state index is 12.9. The first-order valence-electron chi connectivity index (χ1n) is 8.54. The zero-order chi connectivity index (χ0) is 16.3. The van der Waals surface area contributed by atoms with E-state index in [9.17, 15) is 4.79 Å². The number of hydrogen-bond donors (Lipinski definition) is 1. The Morgan fingerprint density at radius 1 is 1.23 bits per heavy atom. The van der Waals surface area contributed by atoms with Crippen molar-refractivity contribution in [3.8, 4) is 0 Å². The summed E-state index contributed by atoms with van der Waals surface area (Å²) in [6.45, 7) is 9.14. The van der Waals surface area contributed by atoms with Crippen molar-refractivity contribution in [2.24, 2.45) is 23.2 Å². The monoisotopic (exact) mass is 302 g/mol. The van der Waals surface area contributed by atoms with E-state index in [1.54, 1.807) is 0 Å². The summed E-state index contributed by atoms with van der Waals surface area (Å²) in [6.07, 6.45) is 3.94. The summed E-state index contributed by atoms with van der Waals surface area (Å²) in [5.41, 5.74) is 2.25. The zero-order valence-corrected chi connectivity index (χ0v) is 14.4. The molecule has 0 aliphatic heterocycles.